The van der Waals surface area contributed by atoms with Crippen LogP contribution in [0, 0.1) is 11.7 Å². The zero-order valence-electron chi connectivity index (χ0n) is 15.0. The zero-order chi connectivity index (χ0) is 17.2. The lowest BCUT2D eigenvalue weighted by atomic mass is 10.1. The van der Waals surface area contributed by atoms with Gasteiger partial charge in [0.15, 0.2) is 5.96 Å². The molecule has 2 N–H and O–H groups in total. The minimum Gasteiger partial charge on any atom is -0.357 e. The molecule has 1 unspecified atom stereocenters. The van der Waals surface area contributed by atoms with Crippen molar-refractivity contribution in [1.82, 2.24) is 15.5 Å². The molecule has 0 bridgehead atoms. The van der Waals surface area contributed by atoms with E-state index in [-0.39, 0.29) is 5.82 Å². The minimum absolute atomic E-state index is 0.199. The van der Waals surface area contributed by atoms with Crippen LogP contribution in [0.25, 0.3) is 0 Å². The number of hydrogen-bond acceptors (Lipinski definition) is 2. The second-order valence-corrected chi connectivity index (χ2v) is 6.63. The number of piperidine rings is 1. The molecule has 0 radical (unpaired) electrons. The van der Waals surface area contributed by atoms with Crippen molar-refractivity contribution in [2.75, 3.05) is 32.7 Å². The predicted molar refractivity (Wildman–Crippen MR) is 98.7 cm³/mol. The normalized spacial score (nSPS) is 17.5. The Morgan fingerprint density at radius 3 is 2.67 bits per heavy atom. The number of hydrogen-bond donors (Lipinski definition) is 2. The van der Waals surface area contributed by atoms with E-state index >= 15 is 0 Å². The van der Waals surface area contributed by atoms with E-state index in [1.54, 1.807) is 12.1 Å². The van der Waals surface area contributed by atoms with Crippen molar-refractivity contribution in [3.8, 4) is 0 Å². The van der Waals surface area contributed by atoms with Crippen LogP contribution < -0.4 is 10.6 Å². The van der Waals surface area contributed by atoms with Crippen molar-refractivity contribution in [1.29, 1.82) is 0 Å². The third-order valence-electron chi connectivity index (χ3n) is 4.35. The quantitative estimate of drug-likeness (QED) is 0.595. The first kappa shape index (κ1) is 18.7. The van der Waals surface area contributed by atoms with Crippen molar-refractivity contribution in [2.45, 2.75) is 39.7 Å². The highest BCUT2D eigenvalue weighted by molar-refractivity contribution is 5.79. The molecule has 1 aromatic rings. The molecule has 4 nitrogen and oxygen atoms in total. The van der Waals surface area contributed by atoms with Gasteiger partial charge in [-0.25, -0.2) is 9.38 Å². The number of nitrogens with zero attached hydrogens (tertiary/aromatic N) is 2. The van der Waals surface area contributed by atoms with Gasteiger partial charge in [-0.15, -0.1) is 0 Å². The first-order chi connectivity index (χ1) is 11.7. The van der Waals surface area contributed by atoms with E-state index in [9.17, 15) is 4.39 Å². The molecule has 1 heterocycles. The third-order valence-corrected chi connectivity index (χ3v) is 4.35. The first-order valence-corrected chi connectivity index (χ1v) is 9.17. The number of halogens is 1. The number of nitrogens with one attached hydrogen (secondary N) is 2. The van der Waals surface area contributed by atoms with Crippen LogP contribution in [0.15, 0.2) is 29.3 Å². The predicted octanol–water partition coefficient (Wildman–Crippen LogP) is 3.00. The molecule has 1 aliphatic rings. The highest BCUT2D eigenvalue weighted by atomic mass is 19.1. The number of benzene rings is 1. The smallest absolute Gasteiger partial charge is 0.191 e. The van der Waals surface area contributed by atoms with Gasteiger partial charge in [0.1, 0.15) is 5.82 Å². The Morgan fingerprint density at radius 1 is 1.21 bits per heavy atom. The molecule has 1 atom stereocenters. The average molecular weight is 334 g/mol. The average Bonchev–Trinajstić information content (AvgIpc) is 2.59. The molecule has 0 aliphatic carbocycles. The van der Waals surface area contributed by atoms with Crippen LogP contribution in [0.2, 0.25) is 0 Å². The highest BCUT2D eigenvalue weighted by Gasteiger charge is 2.13. The van der Waals surface area contributed by atoms with Crippen LogP contribution >= 0.6 is 0 Å². The van der Waals surface area contributed by atoms with Crippen LogP contribution in [0.5, 0.6) is 0 Å². The van der Waals surface area contributed by atoms with E-state index in [1.807, 2.05) is 13.0 Å². The Balaban J connectivity index is 1.81. The van der Waals surface area contributed by atoms with Crippen LogP contribution in [0.3, 0.4) is 0 Å². The van der Waals surface area contributed by atoms with Crippen molar-refractivity contribution in [3.63, 3.8) is 0 Å². The van der Waals surface area contributed by atoms with Crippen molar-refractivity contribution in [2.24, 2.45) is 10.9 Å². The second-order valence-electron chi connectivity index (χ2n) is 6.63. The van der Waals surface area contributed by atoms with E-state index in [0.29, 0.717) is 18.0 Å². The molecule has 1 aromatic carbocycles. The molecule has 0 saturated carbocycles. The standard InChI is InChI=1S/C19H31FN4/c1-3-21-19(23-14-17-9-5-6-10-18(17)20)22-13-16(2)15-24-11-7-4-8-12-24/h5-6,9-10,16H,3-4,7-8,11-15H2,1-2H3,(H2,21,22,23). The van der Waals surface area contributed by atoms with E-state index < -0.39 is 0 Å². The maximum atomic E-state index is 13.7. The number of aliphatic imine (C=N–C) groups is 1. The first-order valence-electron chi connectivity index (χ1n) is 9.17. The molecule has 0 aromatic heterocycles. The molecule has 24 heavy (non-hydrogen) atoms. The van der Waals surface area contributed by atoms with E-state index in [0.717, 1.165) is 25.6 Å². The molecule has 5 heteroatoms. The summed E-state index contributed by atoms with van der Waals surface area (Å²) in [5.41, 5.74) is 0.621. The fraction of sp³-hybridized carbons (Fsp3) is 0.632. The Bertz CT molecular complexity index is 512. The summed E-state index contributed by atoms with van der Waals surface area (Å²) in [5.74, 6) is 1.11. The summed E-state index contributed by atoms with van der Waals surface area (Å²) in [6.07, 6.45) is 4.02. The molecular weight excluding hydrogens is 303 g/mol. The molecule has 1 fully saturated rings. The van der Waals surface area contributed by atoms with Gasteiger partial charge < -0.3 is 15.5 Å². The van der Waals surface area contributed by atoms with Crippen LogP contribution in [-0.2, 0) is 6.54 Å². The summed E-state index contributed by atoms with van der Waals surface area (Å²) in [5, 5.41) is 6.62. The lowest BCUT2D eigenvalue weighted by molar-refractivity contribution is 0.201. The van der Waals surface area contributed by atoms with Gasteiger partial charge in [0.2, 0.25) is 0 Å². The summed E-state index contributed by atoms with van der Waals surface area (Å²) in [7, 11) is 0. The molecule has 1 saturated heterocycles. The van der Waals surface area contributed by atoms with E-state index in [4.69, 9.17) is 0 Å². The Labute approximate surface area is 145 Å². The minimum atomic E-state index is -0.199. The number of rotatable bonds is 7. The number of guanidine groups is 1. The maximum Gasteiger partial charge on any atom is 0.191 e. The fourth-order valence-corrected chi connectivity index (χ4v) is 3.05. The third kappa shape index (κ3) is 6.48. The fourth-order valence-electron chi connectivity index (χ4n) is 3.05. The summed E-state index contributed by atoms with van der Waals surface area (Å²) in [4.78, 5) is 7.06. The second kappa shape index (κ2) is 10.3. The monoisotopic (exact) mass is 334 g/mol. The Kier molecular flexibility index (Phi) is 8.02. The van der Waals surface area contributed by atoms with Gasteiger partial charge in [-0.1, -0.05) is 31.5 Å². The lowest BCUT2D eigenvalue weighted by Crippen LogP contribution is -2.42. The highest BCUT2D eigenvalue weighted by Crippen LogP contribution is 2.10. The van der Waals surface area contributed by atoms with Gasteiger partial charge in [-0.2, -0.15) is 0 Å². The Hall–Kier alpha value is -1.62. The summed E-state index contributed by atoms with van der Waals surface area (Å²) >= 11 is 0. The topological polar surface area (TPSA) is 39.7 Å². The molecule has 0 spiro atoms. The van der Waals surface area contributed by atoms with Crippen LogP contribution in [0.1, 0.15) is 38.7 Å². The largest absolute Gasteiger partial charge is 0.357 e. The zero-order valence-corrected chi connectivity index (χ0v) is 15.0. The summed E-state index contributed by atoms with van der Waals surface area (Å²) in [6.45, 7) is 9.91. The molecule has 134 valence electrons. The van der Waals surface area contributed by atoms with Crippen LogP contribution in [0.4, 0.5) is 4.39 Å². The van der Waals surface area contributed by atoms with Gasteiger partial charge in [-0.05, 0) is 44.8 Å². The summed E-state index contributed by atoms with van der Waals surface area (Å²) in [6, 6.07) is 6.80. The Morgan fingerprint density at radius 2 is 1.96 bits per heavy atom. The van der Waals surface area contributed by atoms with Crippen molar-refractivity contribution in [3.05, 3.63) is 35.6 Å². The SMILES string of the molecule is CCNC(=NCc1ccccc1F)NCC(C)CN1CCCCC1. The molecular formula is C19H31FN4. The number of likely N-dealkylation sites (tertiary alicyclic amines) is 1. The molecule has 2 rings (SSSR count). The van der Waals surface area contributed by atoms with Gasteiger partial charge in [-0.3, -0.25) is 0 Å². The van der Waals surface area contributed by atoms with Crippen molar-refractivity contribution >= 4 is 5.96 Å². The van der Waals surface area contributed by atoms with E-state index in [1.165, 1.54) is 38.4 Å². The van der Waals surface area contributed by atoms with Crippen molar-refractivity contribution < 1.29 is 4.39 Å². The van der Waals surface area contributed by atoms with E-state index in [2.05, 4.69) is 27.4 Å². The van der Waals surface area contributed by atoms with Gasteiger partial charge >= 0.3 is 0 Å². The summed E-state index contributed by atoms with van der Waals surface area (Å²) < 4.78 is 13.7. The van der Waals surface area contributed by atoms with Gasteiger partial charge in [0, 0.05) is 25.2 Å². The molecule has 0 amide bonds. The lowest BCUT2D eigenvalue weighted by Gasteiger charge is -2.29. The van der Waals surface area contributed by atoms with Gasteiger partial charge in [0.25, 0.3) is 0 Å². The van der Waals surface area contributed by atoms with Crippen LogP contribution in [-0.4, -0.2) is 43.6 Å². The maximum absolute atomic E-state index is 13.7. The van der Waals surface area contributed by atoms with Gasteiger partial charge in [0.05, 0.1) is 6.54 Å². The molecule has 1 aliphatic heterocycles.